The van der Waals surface area contributed by atoms with Gasteiger partial charge >= 0.3 is 0 Å². The molecule has 1 aliphatic heterocycles. The van der Waals surface area contributed by atoms with Gasteiger partial charge in [-0.1, -0.05) is 38.0 Å². The van der Waals surface area contributed by atoms with E-state index >= 15 is 0 Å². The normalized spacial score (nSPS) is 28.3. The second-order valence-electron chi connectivity index (χ2n) is 6.75. The molecule has 1 aromatic carbocycles. The van der Waals surface area contributed by atoms with E-state index in [-0.39, 0.29) is 5.91 Å². The predicted octanol–water partition coefficient (Wildman–Crippen LogP) is 3.13. The second kappa shape index (κ2) is 6.08. The van der Waals surface area contributed by atoms with Crippen LogP contribution in [0.3, 0.4) is 0 Å². The Morgan fingerprint density at radius 3 is 2.81 bits per heavy atom. The van der Waals surface area contributed by atoms with Crippen LogP contribution in [0.4, 0.5) is 5.69 Å². The zero-order chi connectivity index (χ0) is 14.8. The first kappa shape index (κ1) is 14.4. The van der Waals surface area contributed by atoms with Crippen molar-refractivity contribution in [3.63, 3.8) is 0 Å². The number of hydrogen-bond donors (Lipinski definition) is 1. The van der Waals surface area contributed by atoms with Crippen LogP contribution in [0.5, 0.6) is 0 Å². The third-order valence-corrected chi connectivity index (χ3v) is 5.12. The van der Waals surface area contributed by atoms with Gasteiger partial charge in [0.2, 0.25) is 5.91 Å². The van der Waals surface area contributed by atoms with Crippen molar-refractivity contribution in [2.24, 2.45) is 5.92 Å². The van der Waals surface area contributed by atoms with Crippen LogP contribution >= 0.6 is 0 Å². The first-order chi connectivity index (χ1) is 10.1. The largest absolute Gasteiger partial charge is 0.359 e. The van der Waals surface area contributed by atoms with Gasteiger partial charge in [-0.3, -0.25) is 4.79 Å². The van der Waals surface area contributed by atoms with Crippen LogP contribution in [0.25, 0.3) is 0 Å². The topological polar surface area (TPSA) is 32.3 Å². The van der Waals surface area contributed by atoms with Crippen molar-refractivity contribution in [2.75, 3.05) is 11.4 Å². The van der Waals surface area contributed by atoms with Crippen LogP contribution in [0.15, 0.2) is 24.3 Å². The highest BCUT2D eigenvalue weighted by molar-refractivity contribution is 5.82. The molecule has 0 bridgehead atoms. The molecule has 0 aromatic heterocycles. The minimum absolute atomic E-state index is 0.178. The Labute approximate surface area is 127 Å². The van der Waals surface area contributed by atoms with E-state index in [1.54, 1.807) is 0 Å². The van der Waals surface area contributed by atoms with Gasteiger partial charge in [0.1, 0.15) is 0 Å². The van der Waals surface area contributed by atoms with Crippen LogP contribution in [0, 0.1) is 5.92 Å². The molecule has 1 amide bonds. The van der Waals surface area contributed by atoms with Crippen molar-refractivity contribution in [2.45, 2.75) is 58.0 Å². The van der Waals surface area contributed by atoms with Crippen LogP contribution in [-0.4, -0.2) is 24.5 Å². The minimum atomic E-state index is 0.178. The molecule has 0 saturated heterocycles. The summed E-state index contributed by atoms with van der Waals surface area (Å²) in [7, 11) is 0. The molecule has 1 aliphatic carbocycles. The van der Waals surface area contributed by atoms with Crippen molar-refractivity contribution in [1.29, 1.82) is 0 Å². The summed E-state index contributed by atoms with van der Waals surface area (Å²) in [6.07, 6.45) is 5.98. The van der Waals surface area contributed by atoms with E-state index in [2.05, 4.69) is 48.3 Å². The lowest BCUT2D eigenvalue weighted by molar-refractivity contribution is -0.121. The molecule has 0 unspecified atom stereocenters. The van der Waals surface area contributed by atoms with E-state index in [9.17, 15) is 4.79 Å². The maximum atomic E-state index is 12.4. The standard InChI is InChI=1S/C18H26N2O/c1-13-7-3-5-9-16(13)19-18(21)12-20-14(2)11-15-8-4-6-10-17(15)20/h4,6,8,10,13-14,16H,3,5,7,9,11-12H2,1-2H3,(H,19,21)/t13-,14-,16-/m1/s1. The Morgan fingerprint density at radius 2 is 2.00 bits per heavy atom. The summed E-state index contributed by atoms with van der Waals surface area (Å²) in [6, 6.07) is 9.24. The summed E-state index contributed by atoms with van der Waals surface area (Å²) >= 11 is 0. The van der Waals surface area contributed by atoms with E-state index in [0.717, 1.165) is 12.8 Å². The molecular weight excluding hydrogens is 260 g/mol. The molecule has 3 heteroatoms. The molecule has 1 N–H and O–H groups in total. The smallest absolute Gasteiger partial charge is 0.239 e. The summed E-state index contributed by atoms with van der Waals surface area (Å²) in [5, 5.41) is 3.27. The molecule has 3 rings (SSSR count). The van der Waals surface area contributed by atoms with Crippen LogP contribution in [0.1, 0.15) is 45.1 Å². The average Bonchev–Trinajstić information content (AvgIpc) is 2.78. The van der Waals surface area contributed by atoms with Crippen LogP contribution < -0.4 is 10.2 Å². The molecule has 114 valence electrons. The van der Waals surface area contributed by atoms with Gasteiger partial charge in [0, 0.05) is 17.8 Å². The average molecular weight is 286 g/mol. The van der Waals surface area contributed by atoms with Gasteiger partial charge in [0.15, 0.2) is 0 Å². The van der Waals surface area contributed by atoms with Gasteiger partial charge in [-0.2, -0.15) is 0 Å². The number of carbonyl (C=O) groups is 1. The van der Waals surface area contributed by atoms with Gasteiger partial charge < -0.3 is 10.2 Å². The van der Waals surface area contributed by atoms with Gasteiger partial charge in [-0.05, 0) is 43.7 Å². The van der Waals surface area contributed by atoms with Gasteiger partial charge in [-0.25, -0.2) is 0 Å². The summed E-state index contributed by atoms with van der Waals surface area (Å²) in [5.41, 5.74) is 2.60. The molecule has 1 aromatic rings. The molecule has 2 aliphatic rings. The Balaban J connectivity index is 1.62. The highest BCUT2D eigenvalue weighted by atomic mass is 16.2. The van der Waals surface area contributed by atoms with Gasteiger partial charge in [0.25, 0.3) is 0 Å². The maximum absolute atomic E-state index is 12.4. The summed E-state index contributed by atoms with van der Waals surface area (Å²) in [4.78, 5) is 14.7. The zero-order valence-corrected chi connectivity index (χ0v) is 13.1. The summed E-state index contributed by atoms with van der Waals surface area (Å²) in [5.74, 6) is 0.795. The van der Waals surface area contributed by atoms with E-state index in [1.807, 2.05) is 0 Å². The van der Waals surface area contributed by atoms with Crippen molar-refractivity contribution >= 4 is 11.6 Å². The predicted molar refractivity (Wildman–Crippen MR) is 86.5 cm³/mol. The first-order valence-corrected chi connectivity index (χ1v) is 8.29. The van der Waals surface area contributed by atoms with E-state index in [0.29, 0.717) is 24.5 Å². The monoisotopic (exact) mass is 286 g/mol. The van der Waals surface area contributed by atoms with E-state index < -0.39 is 0 Å². The van der Waals surface area contributed by atoms with Crippen molar-refractivity contribution in [3.05, 3.63) is 29.8 Å². The molecule has 1 heterocycles. The van der Waals surface area contributed by atoms with Crippen LogP contribution in [-0.2, 0) is 11.2 Å². The number of anilines is 1. The number of fused-ring (bicyclic) bond motifs is 1. The lowest BCUT2D eigenvalue weighted by atomic mass is 9.86. The number of amides is 1. The van der Waals surface area contributed by atoms with Crippen molar-refractivity contribution in [3.8, 4) is 0 Å². The summed E-state index contributed by atoms with van der Waals surface area (Å²) in [6.45, 7) is 4.95. The molecule has 1 saturated carbocycles. The lowest BCUT2D eigenvalue weighted by Crippen LogP contribution is -2.46. The fourth-order valence-corrected chi connectivity index (χ4v) is 3.81. The number of rotatable bonds is 3. The fourth-order valence-electron chi connectivity index (χ4n) is 3.81. The van der Waals surface area contributed by atoms with Crippen molar-refractivity contribution < 1.29 is 4.79 Å². The second-order valence-corrected chi connectivity index (χ2v) is 6.75. The molecule has 3 nitrogen and oxygen atoms in total. The number of carbonyl (C=O) groups excluding carboxylic acids is 1. The SMILES string of the molecule is C[C@@H]1CCCC[C@H]1NC(=O)CN1c2ccccc2C[C@H]1C. The maximum Gasteiger partial charge on any atom is 0.239 e. The fraction of sp³-hybridized carbons (Fsp3) is 0.611. The lowest BCUT2D eigenvalue weighted by Gasteiger charge is -2.31. The quantitative estimate of drug-likeness (QED) is 0.926. The highest BCUT2D eigenvalue weighted by Crippen LogP contribution is 2.31. The Bertz CT molecular complexity index is 514. The van der Waals surface area contributed by atoms with E-state index in [4.69, 9.17) is 0 Å². The summed E-state index contributed by atoms with van der Waals surface area (Å²) < 4.78 is 0. The van der Waals surface area contributed by atoms with Gasteiger partial charge in [0.05, 0.1) is 6.54 Å². The number of nitrogens with one attached hydrogen (secondary N) is 1. The number of benzene rings is 1. The highest BCUT2D eigenvalue weighted by Gasteiger charge is 2.28. The van der Waals surface area contributed by atoms with E-state index in [1.165, 1.54) is 30.5 Å². The Hall–Kier alpha value is -1.51. The number of hydrogen-bond acceptors (Lipinski definition) is 2. The first-order valence-electron chi connectivity index (χ1n) is 8.29. The molecule has 3 atom stereocenters. The molecule has 0 spiro atoms. The Kier molecular flexibility index (Phi) is 4.18. The third kappa shape index (κ3) is 3.07. The molecule has 0 radical (unpaired) electrons. The minimum Gasteiger partial charge on any atom is -0.359 e. The zero-order valence-electron chi connectivity index (χ0n) is 13.1. The van der Waals surface area contributed by atoms with Crippen LogP contribution in [0.2, 0.25) is 0 Å². The molecular formula is C18H26N2O. The third-order valence-electron chi connectivity index (χ3n) is 5.12. The van der Waals surface area contributed by atoms with Crippen molar-refractivity contribution in [1.82, 2.24) is 5.32 Å². The van der Waals surface area contributed by atoms with Gasteiger partial charge in [-0.15, -0.1) is 0 Å². The number of para-hydroxylation sites is 1. The molecule has 21 heavy (non-hydrogen) atoms. The number of nitrogens with zero attached hydrogens (tertiary/aromatic N) is 1. The Morgan fingerprint density at radius 1 is 1.24 bits per heavy atom. The molecule has 1 fully saturated rings.